The second-order valence-electron chi connectivity index (χ2n) is 5.24. The van der Waals surface area contributed by atoms with Crippen molar-refractivity contribution in [2.45, 2.75) is 6.54 Å². The Hall–Kier alpha value is -3.69. The number of nitrogens with one attached hydrogen (secondary N) is 2. The van der Waals surface area contributed by atoms with Crippen molar-refractivity contribution in [3.63, 3.8) is 0 Å². The highest BCUT2D eigenvalue weighted by atomic mass is 16.6. The van der Waals surface area contributed by atoms with Gasteiger partial charge in [-0.05, 0) is 11.6 Å². The molecule has 0 spiro atoms. The Balaban J connectivity index is 1.87. The maximum absolute atomic E-state index is 11.4. The number of anilines is 2. The molecule has 0 aromatic heterocycles. The highest BCUT2D eigenvalue weighted by Gasteiger charge is 2.23. The first kappa shape index (κ1) is 16.2. The first-order valence-corrected chi connectivity index (χ1v) is 7.16. The predicted molar refractivity (Wildman–Crippen MR) is 87.6 cm³/mol. The van der Waals surface area contributed by atoms with Gasteiger partial charge in [-0.2, -0.15) is 0 Å². The van der Waals surface area contributed by atoms with Gasteiger partial charge in [-0.1, -0.05) is 12.1 Å². The van der Waals surface area contributed by atoms with Gasteiger partial charge >= 0.3 is 0 Å². The molecule has 2 aromatic rings. The number of ether oxygens (including phenoxy) is 1. The highest BCUT2D eigenvalue weighted by Crippen LogP contribution is 2.38. The molecule has 2 N–H and O–H groups in total. The van der Waals surface area contributed by atoms with Gasteiger partial charge in [-0.25, -0.2) is 0 Å². The molecule has 1 aliphatic rings. The fourth-order valence-electron chi connectivity index (χ4n) is 2.39. The van der Waals surface area contributed by atoms with Crippen LogP contribution in [0.3, 0.4) is 0 Å². The Morgan fingerprint density at radius 3 is 2.68 bits per heavy atom. The molecule has 3 rings (SSSR count). The number of amides is 1. The van der Waals surface area contributed by atoms with Crippen LogP contribution in [0, 0.1) is 20.2 Å². The average Bonchev–Trinajstić information content (AvgIpc) is 2.59. The molecule has 2 aromatic carbocycles. The van der Waals surface area contributed by atoms with Crippen LogP contribution in [0.5, 0.6) is 5.75 Å². The maximum atomic E-state index is 11.4. The van der Waals surface area contributed by atoms with E-state index in [2.05, 4.69) is 10.6 Å². The first-order valence-electron chi connectivity index (χ1n) is 7.16. The fraction of sp³-hybridized carbons (Fsp3) is 0.133. The third kappa shape index (κ3) is 3.47. The molecule has 0 bridgehead atoms. The van der Waals surface area contributed by atoms with E-state index in [1.807, 2.05) is 0 Å². The number of nitro benzene ring substituents is 2. The van der Waals surface area contributed by atoms with Crippen molar-refractivity contribution >= 4 is 28.7 Å². The third-order valence-corrected chi connectivity index (χ3v) is 3.53. The lowest BCUT2D eigenvalue weighted by Gasteiger charge is -2.19. The second kappa shape index (κ2) is 6.43. The number of non-ortho nitro benzene ring substituents is 1. The number of nitrogens with zero attached hydrogens (tertiary/aromatic N) is 2. The van der Waals surface area contributed by atoms with Gasteiger partial charge in [0.05, 0.1) is 21.6 Å². The molecule has 10 heteroatoms. The van der Waals surface area contributed by atoms with Gasteiger partial charge in [0, 0.05) is 18.7 Å². The fourth-order valence-corrected chi connectivity index (χ4v) is 2.39. The second-order valence-corrected chi connectivity index (χ2v) is 5.24. The molecule has 10 nitrogen and oxygen atoms in total. The van der Waals surface area contributed by atoms with Gasteiger partial charge in [0.2, 0.25) is 0 Å². The van der Waals surface area contributed by atoms with Gasteiger partial charge in [-0.15, -0.1) is 0 Å². The summed E-state index contributed by atoms with van der Waals surface area (Å²) < 4.78 is 5.17. The number of benzene rings is 2. The summed E-state index contributed by atoms with van der Waals surface area (Å²) in [6.45, 7) is -0.0687. The molecule has 1 heterocycles. The van der Waals surface area contributed by atoms with E-state index in [4.69, 9.17) is 4.74 Å². The molecule has 128 valence electrons. The number of carbonyl (C=O) groups excluding carboxylic acids is 1. The van der Waals surface area contributed by atoms with Crippen molar-refractivity contribution < 1.29 is 19.4 Å². The number of carbonyl (C=O) groups is 1. The number of nitro groups is 2. The molecule has 0 saturated heterocycles. The molecule has 0 fully saturated rings. The third-order valence-electron chi connectivity index (χ3n) is 3.53. The lowest BCUT2D eigenvalue weighted by Crippen LogP contribution is -2.25. The molecule has 1 aliphatic heterocycles. The van der Waals surface area contributed by atoms with E-state index in [9.17, 15) is 25.0 Å². The standard InChI is InChI=1S/C15H12N4O6/c20-15-8-25-14-6-13(19(23)24)11(5-12(14)17-15)16-7-9-2-1-3-10(4-9)18(21)22/h1-6,16H,7-8H2,(H,17,20). The minimum Gasteiger partial charge on any atom is -0.481 e. The van der Waals surface area contributed by atoms with Gasteiger partial charge < -0.3 is 15.4 Å². The van der Waals surface area contributed by atoms with E-state index in [1.165, 1.54) is 30.3 Å². The molecule has 25 heavy (non-hydrogen) atoms. The summed E-state index contributed by atoms with van der Waals surface area (Å²) in [5.74, 6) is -0.141. The molecule has 0 aliphatic carbocycles. The van der Waals surface area contributed by atoms with Crippen LogP contribution >= 0.6 is 0 Å². The minimum absolute atomic E-state index is 0.0695. The molecule has 0 saturated carbocycles. The summed E-state index contributed by atoms with van der Waals surface area (Å²) in [5.41, 5.74) is 0.784. The number of hydrogen-bond acceptors (Lipinski definition) is 7. The van der Waals surface area contributed by atoms with Gasteiger partial charge in [0.25, 0.3) is 17.3 Å². The zero-order valence-electron chi connectivity index (χ0n) is 12.7. The van der Waals surface area contributed by atoms with Crippen molar-refractivity contribution in [1.29, 1.82) is 0 Å². The topological polar surface area (TPSA) is 137 Å². The SMILES string of the molecule is O=C1COc2cc([N+](=O)[O-])c(NCc3cccc([N+](=O)[O-])c3)cc2N1. The monoisotopic (exact) mass is 344 g/mol. The normalized spacial score (nSPS) is 12.6. The minimum atomic E-state index is -0.574. The van der Waals surface area contributed by atoms with Crippen LogP contribution in [-0.4, -0.2) is 22.4 Å². The Bertz CT molecular complexity index is 882. The summed E-state index contributed by atoms with van der Waals surface area (Å²) >= 11 is 0. The Morgan fingerprint density at radius 2 is 1.96 bits per heavy atom. The van der Waals surface area contributed by atoms with Crippen LogP contribution < -0.4 is 15.4 Å². The van der Waals surface area contributed by atoms with Crippen LogP contribution in [0.2, 0.25) is 0 Å². The smallest absolute Gasteiger partial charge is 0.296 e. The zero-order chi connectivity index (χ0) is 18.0. The van der Waals surface area contributed by atoms with Gasteiger partial charge in [0.15, 0.2) is 12.4 Å². The molecular weight excluding hydrogens is 332 g/mol. The predicted octanol–water partition coefficient (Wildman–Crippen LogP) is 2.45. The van der Waals surface area contributed by atoms with Crippen LogP contribution in [0.15, 0.2) is 36.4 Å². The van der Waals surface area contributed by atoms with E-state index in [1.54, 1.807) is 6.07 Å². The number of rotatable bonds is 5. The molecule has 0 atom stereocenters. The van der Waals surface area contributed by atoms with E-state index in [-0.39, 0.29) is 41.9 Å². The van der Waals surface area contributed by atoms with Gasteiger partial charge in [-0.3, -0.25) is 25.0 Å². The summed E-state index contributed by atoms with van der Waals surface area (Å²) in [7, 11) is 0. The molecule has 0 unspecified atom stereocenters. The van der Waals surface area contributed by atoms with E-state index >= 15 is 0 Å². The van der Waals surface area contributed by atoms with Crippen molar-refractivity contribution in [2.24, 2.45) is 0 Å². The zero-order valence-corrected chi connectivity index (χ0v) is 12.7. The van der Waals surface area contributed by atoms with Crippen molar-refractivity contribution in [3.8, 4) is 5.75 Å². The largest absolute Gasteiger partial charge is 0.481 e. The molecular formula is C15H12N4O6. The first-order chi connectivity index (χ1) is 11.9. The van der Waals surface area contributed by atoms with E-state index in [0.717, 1.165) is 0 Å². The van der Waals surface area contributed by atoms with Crippen LogP contribution in [-0.2, 0) is 11.3 Å². The maximum Gasteiger partial charge on any atom is 0.296 e. The Labute approximate surface area is 140 Å². The Kier molecular flexibility index (Phi) is 4.16. The quantitative estimate of drug-likeness (QED) is 0.627. The molecule has 0 radical (unpaired) electrons. The Morgan fingerprint density at radius 1 is 1.16 bits per heavy atom. The van der Waals surface area contributed by atoms with Gasteiger partial charge in [0.1, 0.15) is 5.69 Å². The summed E-state index contributed by atoms with van der Waals surface area (Å²) in [6.07, 6.45) is 0. The summed E-state index contributed by atoms with van der Waals surface area (Å²) in [6, 6.07) is 8.56. The van der Waals surface area contributed by atoms with Crippen LogP contribution in [0.4, 0.5) is 22.7 Å². The van der Waals surface area contributed by atoms with Crippen LogP contribution in [0.1, 0.15) is 5.56 Å². The van der Waals surface area contributed by atoms with E-state index in [0.29, 0.717) is 11.3 Å². The highest BCUT2D eigenvalue weighted by molar-refractivity contribution is 5.96. The van der Waals surface area contributed by atoms with Crippen LogP contribution in [0.25, 0.3) is 0 Å². The average molecular weight is 344 g/mol. The lowest BCUT2D eigenvalue weighted by molar-refractivity contribution is -0.384. The summed E-state index contributed by atoms with van der Waals surface area (Å²) in [5, 5.41) is 27.5. The number of hydrogen-bond donors (Lipinski definition) is 2. The number of fused-ring (bicyclic) bond motifs is 1. The van der Waals surface area contributed by atoms with Crippen molar-refractivity contribution in [2.75, 3.05) is 17.2 Å². The van der Waals surface area contributed by atoms with Crippen molar-refractivity contribution in [3.05, 3.63) is 62.2 Å². The lowest BCUT2D eigenvalue weighted by atomic mass is 10.1. The van der Waals surface area contributed by atoms with Crippen molar-refractivity contribution in [1.82, 2.24) is 0 Å². The molecule has 1 amide bonds. The van der Waals surface area contributed by atoms with E-state index < -0.39 is 9.85 Å². The summed E-state index contributed by atoms with van der Waals surface area (Å²) in [4.78, 5) is 32.4.